The number of benzene rings is 1. The lowest BCUT2D eigenvalue weighted by atomic mass is 10.1. The fourth-order valence-electron chi connectivity index (χ4n) is 1.88. The monoisotopic (exact) mass is 280 g/mol. The summed E-state index contributed by atoms with van der Waals surface area (Å²) in [6.45, 7) is 3.64. The van der Waals surface area contributed by atoms with Gasteiger partial charge in [0.2, 0.25) is 5.91 Å². The number of hydrogen-bond acceptors (Lipinski definition) is 2. The van der Waals surface area contributed by atoms with Gasteiger partial charge in [-0.1, -0.05) is 23.7 Å². The van der Waals surface area contributed by atoms with Gasteiger partial charge < -0.3 is 10.6 Å². The Labute approximate surface area is 119 Å². The van der Waals surface area contributed by atoms with Gasteiger partial charge in [-0.3, -0.25) is 4.79 Å². The molecule has 1 aliphatic rings. The van der Waals surface area contributed by atoms with E-state index in [-0.39, 0.29) is 5.91 Å². The Morgan fingerprint density at radius 3 is 2.89 bits per heavy atom. The van der Waals surface area contributed by atoms with Gasteiger partial charge >= 0.3 is 0 Å². The third-order valence-corrected chi connectivity index (χ3v) is 3.67. The van der Waals surface area contributed by atoms with Crippen LogP contribution in [0, 0.1) is 6.92 Å². The zero-order chi connectivity index (χ0) is 13.7. The molecular weight excluding hydrogens is 260 g/mol. The minimum absolute atomic E-state index is 0.183. The maximum absolute atomic E-state index is 11.5. The molecule has 1 amide bonds. The molecule has 2 rings (SSSR count). The number of amides is 1. The molecule has 1 aromatic carbocycles. The average Bonchev–Trinajstić information content (AvgIpc) is 3.17. The van der Waals surface area contributed by atoms with Crippen LogP contribution in [0.5, 0.6) is 0 Å². The third-order valence-electron chi connectivity index (χ3n) is 3.27. The number of aryl methyl sites for hydroxylation is 1. The Morgan fingerprint density at radius 1 is 1.42 bits per heavy atom. The number of hydrogen-bond donors (Lipinski definition) is 2. The highest BCUT2D eigenvalue weighted by Gasteiger charge is 2.22. The van der Waals surface area contributed by atoms with E-state index < -0.39 is 0 Å². The first-order chi connectivity index (χ1) is 9.15. The number of rotatable bonds is 7. The molecule has 19 heavy (non-hydrogen) atoms. The van der Waals surface area contributed by atoms with Gasteiger partial charge in [0.05, 0.1) is 0 Å². The maximum atomic E-state index is 11.5. The fraction of sp³-hybridized carbons (Fsp3) is 0.533. The van der Waals surface area contributed by atoms with Crippen molar-refractivity contribution in [2.75, 3.05) is 6.54 Å². The molecule has 1 saturated carbocycles. The number of halogens is 1. The van der Waals surface area contributed by atoms with Gasteiger partial charge in [0, 0.05) is 24.0 Å². The van der Waals surface area contributed by atoms with E-state index >= 15 is 0 Å². The quantitative estimate of drug-likeness (QED) is 0.754. The second-order valence-corrected chi connectivity index (χ2v) is 5.61. The van der Waals surface area contributed by atoms with Crippen molar-refractivity contribution in [2.24, 2.45) is 0 Å². The molecular formula is C15H21ClN2O. The Kier molecular flexibility index (Phi) is 5.23. The van der Waals surface area contributed by atoms with E-state index in [1.807, 2.05) is 19.1 Å². The smallest absolute Gasteiger partial charge is 0.220 e. The van der Waals surface area contributed by atoms with Crippen LogP contribution >= 0.6 is 11.6 Å². The largest absolute Gasteiger partial charge is 0.353 e. The number of carbonyl (C=O) groups is 1. The maximum Gasteiger partial charge on any atom is 0.220 e. The molecule has 2 N–H and O–H groups in total. The van der Waals surface area contributed by atoms with Crippen molar-refractivity contribution in [3.8, 4) is 0 Å². The summed E-state index contributed by atoms with van der Waals surface area (Å²) in [6, 6.07) is 6.57. The van der Waals surface area contributed by atoms with Crippen molar-refractivity contribution in [3.05, 3.63) is 34.3 Å². The zero-order valence-electron chi connectivity index (χ0n) is 11.3. The minimum Gasteiger partial charge on any atom is -0.353 e. The van der Waals surface area contributed by atoms with Crippen LogP contribution in [0.1, 0.15) is 36.8 Å². The van der Waals surface area contributed by atoms with E-state index in [9.17, 15) is 4.79 Å². The van der Waals surface area contributed by atoms with E-state index in [0.717, 1.165) is 42.9 Å². The summed E-state index contributed by atoms with van der Waals surface area (Å²) < 4.78 is 0. The predicted octanol–water partition coefficient (Wildman–Crippen LogP) is 2.80. The van der Waals surface area contributed by atoms with Crippen molar-refractivity contribution in [3.63, 3.8) is 0 Å². The highest BCUT2D eigenvalue weighted by Crippen LogP contribution is 2.18. The lowest BCUT2D eigenvalue weighted by Gasteiger charge is -2.07. The fourth-order valence-corrected chi connectivity index (χ4v) is 2.08. The first kappa shape index (κ1) is 14.4. The molecule has 1 aliphatic carbocycles. The summed E-state index contributed by atoms with van der Waals surface area (Å²) >= 11 is 6.07. The topological polar surface area (TPSA) is 41.1 Å². The lowest BCUT2D eigenvalue weighted by molar-refractivity contribution is -0.121. The van der Waals surface area contributed by atoms with E-state index in [1.165, 1.54) is 5.56 Å². The van der Waals surface area contributed by atoms with Crippen LogP contribution in [0.3, 0.4) is 0 Å². The lowest BCUT2D eigenvalue weighted by Crippen LogP contribution is -2.26. The van der Waals surface area contributed by atoms with E-state index in [4.69, 9.17) is 11.6 Å². The normalized spacial score (nSPS) is 14.4. The van der Waals surface area contributed by atoms with Gasteiger partial charge in [-0.15, -0.1) is 0 Å². The molecule has 4 heteroatoms. The second-order valence-electron chi connectivity index (χ2n) is 5.21. The second kappa shape index (κ2) is 6.92. The van der Waals surface area contributed by atoms with E-state index in [2.05, 4.69) is 16.7 Å². The van der Waals surface area contributed by atoms with Crippen molar-refractivity contribution in [1.29, 1.82) is 0 Å². The standard InChI is InChI=1S/C15H21ClN2O/c1-11-4-5-12(9-14(11)16)10-17-8-2-3-15(19)18-13-6-7-13/h4-5,9,13,17H,2-3,6-8,10H2,1H3,(H,18,19). The summed E-state index contributed by atoms with van der Waals surface area (Å²) in [5.74, 6) is 0.183. The van der Waals surface area contributed by atoms with Crippen LogP contribution in [0.25, 0.3) is 0 Å². The molecule has 1 aromatic rings. The van der Waals surface area contributed by atoms with Gasteiger partial charge in [-0.25, -0.2) is 0 Å². The summed E-state index contributed by atoms with van der Waals surface area (Å²) in [7, 11) is 0. The molecule has 0 bridgehead atoms. The van der Waals surface area contributed by atoms with Crippen LogP contribution in [0.15, 0.2) is 18.2 Å². The van der Waals surface area contributed by atoms with Gasteiger partial charge in [0.1, 0.15) is 0 Å². The first-order valence-electron chi connectivity index (χ1n) is 6.90. The Balaban J connectivity index is 1.58. The first-order valence-corrected chi connectivity index (χ1v) is 7.28. The van der Waals surface area contributed by atoms with Crippen LogP contribution in [0.4, 0.5) is 0 Å². The van der Waals surface area contributed by atoms with Gasteiger partial charge in [0.25, 0.3) is 0 Å². The molecule has 0 saturated heterocycles. The average molecular weight is 281 g/mol. The molecule has 0 heterocycles. The number of carbonyl (C=O) groups excluding carboxylic acids is 1. The summed E-state index contributed by atoms with van der Waals surface area (Å²) in [5.41, 5.74) is 2.28. The Bertz CT molecular complexity index is 444. The minimum atomic E-state index is 0.183. The van der Waals surface area contributed by atoms with Crippen LogP contribution < -0.4 is 10.6 Å². The molecule has 0 aliphatic heterocycles. The molecule has 0 radical (unpaired) electrons. The van der Waals surface area contributed by atoms with Crippen LogP contribution in [-0.2, 0) is 11.3 Å². The summed E-state index contributed by atoms with van der Waals surface area (Å²) in [4.78, 5) is 11.5. The number of nitrogens with one attached hydrogen (secondary N) is 2. The van der Waals surface area contributed by atoms with Gasteiger partial charge in [0.15, 0.2) is 0 Å². The molecule has 104 valence electrons. The third kappa shape index (κ3) is 5.21. The Morgan fingerprint density at radius 2 is 2.21 bits per heavy atom. The van der Waals surface area contributed by atoms with Crippen molar-refractivity contribution < 1.29 is 4.79 Å². The summed E-state index contributed by atoms with van der Waals surface area (Å²) in [5, 5.41) is 7.13. The van der Waals surface area contributed by atoms with Crippen molar-refractivity contribution in [2.45, 2.75) is 45.2 Å². The van der Waals surface area contributed by atoms with Gasteiger partial charge in [-0.2, -0.15) is 0 Å². The highest BCUT2D eigenvalue weighted by molar-refractivity contribution is 6.31. The summed E-state index contributed by atoms with van der Waals surface area (Å²) in [6.07, 6.45) is 3.78. The highest BCUT2D eigenvalue weighted by atomic mass is 35.5. The van der Waals surface area contributed by atoms with E-state index in [1.54, 1.807) is 0 Å². The van der Waals surface area contributed by atoms with Gasteiger partial charge in [-0.05, 0) is 49.9 Å². The zero-order valence-corrected chi connectivity index (χ0v) is 12.1. The van der Waals surface area contributed by atoms with E-state index in [0.29, 0.717) is 12.5 Å². The SMILES string of the molecule is Cc1ccc(CNCCCC(=O)NC2CC2)cc1Cl. The molecule has 0 unspecified atom stereocenters. The van der Waals surface area contributed by atoms with Crippen molar-refractivity contribution >= 4 is 17.5 Å². The molecule has 0 spiro atoms. The predicted molar refractivity (Wildman–Crippen MR) is 78.3 cm³/mol. The molecule has 0 aromatic heterocycles. The van der Waals surface area contributed by atoms with Crippen molar-refractivity contribution in [1.82, 2.24) is 10.6 Å². The molecule has 1 fully saturated rings. The van der Waals surface area contributed by atoms with Crippen LogP contribution in [0.2, 0.25) is 5.02 Å². The van der Waals surface area contributed by atoms with Crippen LogP contribution in [-0.4, -0.2) is 18.5 Å². The molecule has 0 atom stereocenters. The molecule has 3 nitrogen and oxygen atoms in total. The Hall–Kier alpha value is -1.06.